The van der Waals surface area contributed by atoms with Gasteiger partial charge in [0.2, 0.25) is 0 Å². The van der Waals surface area contributed by atoms with Crippen molar-refractivity contribution >= 4 is 39.3 Å². The second kappa shape index (κ2) is 7.67. The van der Waals surface area contributed by atoms with Crippen LogP contribution < -0.4 is 0 Å². The molecule has 0 aliphatic carbocycles. The van der Waals surface area contributed by atoms with E-state index in [4.69, 9.17) is 11.6 Å². The van der Waals surface area contributed by atoms with E-state index in [0.717, 1.165) is 16.0 Å². The van der Waals surface area contributed by atoms with E-state index in [1.165, 1.54) is 17.7 Å². The Morgan fingerprint density at radius 3 is 2.76 bits per heavy atom. The molecule has 0 heterocycles. The predicted molar refractivity (Wildman–Crippen MR) is 83.1 cm³/mol. The number of rotatable bonds is 6. The highest BCUT2D eigenvalue weighted by molar-refractivity contribution is 9.10. The lowest BCUT2D eigenvalue weighted by Crippen LogP contribution is -2.29. The minimum absolute atomic E-state index is 0.585. The van der Waals surface area contributed by atoms with Gasteiger partial charge in [0.15, 0.2) is 0 Å². The standard InChI is InChI=1S/C13H19BrClNS/c1-10(6-7-17-3)16(2)9-11-4-5-12(14)8-13(11)15/h4-5,8,10H,6-7,9H2,1-3H3. The number of thioether (sulfide) groups is 1. The molecule has 96 valence electrons. The highest BCUT2D eigenvalue weighted by Gasteiger charge is 2.11. The zero-order valence-electron chi connectivity index (χ0n) is 10.5. The van der Waals surface area contributed by atoms with Crippen molar-refractivity contribution in [1.29, 1.82) is 0 Å². The molecular formula is C13H19BrClNS. The summed E-state index contributed by atoms with van der Waals surface area (Å²) in [5.74, 6) is 1.21. The average molecular weight is 337 g/mol. The SMILES string of the molecule is CSCCC(C)N(C)Cc1ccc(Br)cc1Cl. The Bertz CT molecular complexity index is 359. The van der Waals surface area contributed by atoms with E-state index in [9.17, 15) is 0 Å². The van der Waals surface area contributed by atoms with Crippen molar-refractivity contribution in [2.45, 2.75) is 25.9 Å². The molecule has 4 heteroatoms. The molecule has 0 bridgehead atoms. The molecule has 1 nitrogen and oxygen atoms in total. The van der Waals surface area contributed by atoms with Crippen LogP contribution in [0.5, 0.6) is 0 Å². The van der Waals surface area contributed by atoms with Gasteiger partial charge in [-0.3, -0.25) is 4.90 Å². The summed E-state index contributed by atoms with van der Waals surface area (Å²) in [6, 6.07) is 6.67. The molecule has 0 N–H and O–H groups in total. The summed E-state index contributed by atoms with van der Waals surface area (Å²) >= 11 is 11.5. The maximum atomic E-state index is 6.22. The van der Waals surface area contributed by atoms with Gasteiger partial charge in [-0.25, -0.2) is 0 Å². The fourth-order valence-electron chi connectivity index (χ4n) is 1.58. The van der Waals surface area contributed by atoms with Crippen molar-refractivity contribution in [3.05, 3.63) is 33.3 Å². The van der Waals surface area contributed by atoms with E-state index >= 15 is 0 Å². The van der Waals surface area contributed by atoms with E-state index in [-0.39, 0.29) is 0 Å². The molecule has 1 aromatic rings. The van der Waals surface area contributed by atoms with Crippen LogP contribution >= 0.6 is 39.3 Å². The number of hydrogen-bond acceptors (Lipinski definition) is 2. The lowest BCUT2D eigenvalue weighted by Gasteiger charge is -2.25. The molecule has 0 fully saturated rings. The van der Waals surface area contributed by atoms with Crippen molar-refractivity contribution in [3.63, 3.8) is 0 Å². The van der Waals surface area contributed by atoms with E-state index in [2.05, 4.69) is 47.1 Å². The van der Waals surface area contributed by atoms with E-state index in [0.29, 0.717) is 6.04 Å². The molecule has 1 aromatic carbocycles. The molecule has 0 aliphatic heterocycles. The van der Waals surface area contributed by atoms with Crippen molar-refractivity contribution in [2.24, 2.45) is 0 Å². The molecule has 1 unspecified atom stereocenters. The van der Waals surface area contributed by atoms with Crippen LogP contribution in [0.15, 0.2) is 22.7 Å². The molecule has 0 saturated carbocycles. The quantitative estimate of drug-likeness (QED) is 0.742. The Kier molecular flexibility index (Phi) is 6.93. The summed E-state index contributed by atoms with van der Waals surface area (Å²) in [5.41, 5.74) is 1.19. The summed E-state index contributed by atoms with van der Waals surface area (Å²) in [6.07, 6.45) is 3.37. The Morgan fingerprint density at radius 1 is 1.47 bits per heavy atom. The lowest BCUT2D eigenvalue weighted by molar-refractivity contribution is 0.245. The van der Waals surface area contributed by atoms with Gasteiger partial charge >= 0.3 is 0 Å². The Labute approximate surface area is 122 Å². The third-order valence-electron chi connectivity index (χ3n) is 2.93. The molecular weight excluding hydrogens is 318 g/mol. The summed E-state index contributed by atoms with van der Waals surface area (Å²) in [6.45, 7) is 3.17. The summed E-state index contributed by atoms with van der Waals surface area (Å²) in [7, 11) is 2.16. The van der Waals surface area contributed by atoms with Gasteiger partial charge in [-0.05, 0) is 50.1 Å². The maximum Gasteiger partial charge on any atom is 0.0462 e. The molecule has 1 rings (SSSR count). The van der Waals surface area contributed by atoms with Crippen LogP contribution in [0.1, 0.15) is 18.9 Å². The zero-order chi connectivity index (χ0) is 12.8. The van der Waals surface area contributed by atoms with E-state index < -0.39 is 0 Å². The van der Waals surface area contributed by atoms with E-state index in [1.807, 2.05) is 23.9 Å². The number of nitrogens with zero attached hydrogens (tertiary/aromatic N) is 1. The lowest BCUT2D eigenvalue weighted by atomic mass is 10.1. The van der Waals surface area contributed by atoms with Crippen LogP contribution in [0.25, 0.3) is 0 Å². The summed E-state index contributed by atoms with van der Waals surface area (Å²) < 4.78 is 1.03. The normalized spacial score (nSPS) is 13.1. The Morgan fingerprint density at radius 2 is 2.18 bits per heavy atom. The van der Waals surface area contributed by atoms with Crippen LogP contribution in [-0.2, 0) is 6.54 Å². The molecule has 17 heavy (non-hydrogen) atoms. The first-order chi connectivity index (χ1) is 8.04. The van der Waals surface area contributed by atoms with Crippen LogP contribution in [-0.4, -0.2) is 30.0 Å². The second-order valence-corrected chi connectivity index (χ2v) is 6.59. The van der Waals surface area contributed by atoms with Gasteiger partial charge < -0.3 is 0 Å². The van der Waals surface area contributed by atoms with Crippen LogP contribution in [0, 0.1) is 0 Å². The highest BCUT2D eigenvalue weighted by Crippen LogP contribution is 2.23. The molecule has 0 radical (unpaired) electrons. The van der Waals surface area contributed by atoms with Crippen molar-refractivity contribution in [3.8, 4) is 0 Å². The predicted octanol–water partition coefficient (Wildman–Crippen LogP) is 4.68. The fourth-order valence-corrected chi connectivity index (χ4v) is 2.89. The first-order valence-electron chi connectivity index (χ1n) is 5.67. The smallest absolute Gasteiger partial charge is 0.0462 e. The Hall–Kier alpha value is 0.300. The average Bonchev–Trinajstić information content (AvgIpc) is 2.29. The van der Waals surface area contributed by atoms with Gasteiger partial charge in [-0.2, -0.15) is 11.8 Å². The van der Waals surface area contributed by atoms with Gasteiger partial charge in [0.1, 0.15) is 0 Å². The van der Waals surface area contributed by atoms with Gasteiger partial charge in [0.25, 0.3) is 0 Å². The summed E-state index contributed by atoms with van der Waals surface area (Å²) in [5, 5.41) is 0.836. The third-order valence-corrected chi connectivity index (χ3v) is 4.42. The molecule has 0 saturated heterocycles. The molecule has 0 aromatic heterocycles. The van der Waals surface area contributed by atoms with Gasteiger partial charge in [-0.1, -0.05) is 33.6 Å². The number of halogens is 2. The van der Waals surface area contributed by atoms with Gasteiger partial charge in [0.05, 0.1) is 0 Å². The monoisotopic (exact) mass is 335 g/mol. The number of benzene rings is 1. The van der Waals surface area contributed by atoms with Gasteiger partial charge in [0, 0.05) is 22.1 Å². The molecule has 0 spiro atoms. The van der Waals surface area contributed by atoms with Crippen LogP contribution in [0.4, 0.5) is 0 Å². The molecule has 1 atom stereocenters. The fraction of sp³-hybridized carbons (Fsp3) is 0.538. The van der Waals surface area contributed by atoms with Gasteiger partial charge in [-0.15, -0.1) is 0 Å². The molecule has 0 amide bonds. The maximum absolute atomic E-state index is 6.22. The number of hydrogen-bond donors (Lipinski definition) is 0. The first kappa shape index (κ1) is 15.4. The van der Waals surface area contributed by atoms with Crippen molar-refractivity contribution in [1.82, 2.24) is 4.90 Å². The van der Waals surface area contributed by atoms with E-state index in [1.54, 1.807) is 0 Å². The second-order valence-electron chi connectivity index (χ2n) is 4.28. The van der Waals surface area contributed by atoms with Crippen molar-refractivity contribution < 1.29 is 0 Å². The largest absolute Gasteiger partial charge is 0.299 e. The first-order valence-corrected chi connectivity index (χ1v) is 8.24. The minimum atomic E-state index is 0.585. The summed E-state index contributed by atoms with van der Waals surface area (Å²) in [4.78, 5) is 2.35. The molecule has 0 aliphatic rings. The topological polar surface area (TPSA) is 3.24 Å². The Balaban J connectivity index is 2.58. The van der Waals surface area contributed by atoms with Crippen LogP contribution in [0.3, 0.4) is 0 Å². The third kappa shape index (κ3) is 5.21. The zero-order valence-corrected chi connectivity index (χ0v) is 13.7. The van der Waals surface area contributed by atoms with Crippen molar-refractivity contribution in [2.75, 3.05) is 19.1 Å². The minimum Gasteiger partial charge on any atom is -0.299 e. The highest BCUT2D eigenvalue weighted by atomic mass is 79.9. The van der Waals surface area contributed by atoms with Crippen LogP contribution in [0.2, 0.25) is 5.02 Å².